The van der Waals surface area contributed by atoms with Crippen LogP contribution in [0, 0.1) is 0 Å². The second kappa shape index (κ2) is 10.4. The lowest BCUT2D eigenvalue weighted by Crippen LogP contribution is -2.48. The Morgan fingerprint density at radius 2 is 1.76 bits per heavy atom. The van der Waals surface area contributed by atoms with Crippen molar-refractivity contribution in [1.29, 1.82) is 0 Å². The molecule has 1 atom stereocenters. The summed E-state index contributed by atoms with van der Waals surface area (Å²) in [7, 11) is 0. The Morgan fingerprint density at radius 1 is 1.16 bits per heavy atom. The van der Waals surface area contributed by atoms with Gasteiger partial charge in [0.2, 0.25) is 5.91 Å². The number of rotatable bonds is 11. The number of hydrogen-bond acceptors (Lipinski definition) is 1. The Hall–Kier alpha value is -1.61. The van der Waals surface area contributed by atoms with Crippen molar-refractivity contribution < 1.29 is 9.28 Å². The van der Waals surface area contributed by atoms with E-state index in [1.807, 2.05) is 0 Å². The van der Waals surface area contributed by atoms with E-state index in [0.717, 1.165) is 43.6 Å². The van der Waals surface area contributed by atoms with Crippen molar-refractivity contribution >= 4 is 5.91 Å². The summed E-state index contributed by atoms with van der Waals surface area (Å²) in [5.74, 6) is 0.592. The normalized spacial score (nSPS) is 12.7. The van der Waals surface area contributed by atoms with Crippen LogP contribution in [-0.4, -0.2) is 36.6 Å². The smallest absolute Gasteiger partial charge is 0.246 e. The van der Waals surface area contributed by atoms with Gasteiger partial charge in [-0.2, -0.15) is 0 Å². The summed E-state index contributed by atoms with van der Waals surface area (Å²) >= 11 is 0. The predicted octanol–water partition coefficient (Wildman–Crippen LogP) is 4.64. The summed E-state index contributed by atoms with van der Waals surface area (Å²) in [6.45, 7) is 19.6. The van der Waals surface area contributed by atoms with E-state index in [-0.39, 0.29) is 5.91 Å². The highest BCUT2D eigenvalue weighted by Crippen LogP contribution is 2.21. The molecular weight excluding hydrogens is 308 g/mol. The van der Waals surface area contributed by atoms with E-state index < -0.39 is 0 Å². The molecule has 1 aromatic carbocycles. The second-order valence-corrected chi connectivity index (χ2v) is 7.30. The summed E-state index contributed by atoms with van der Waals surface area (Å²) in [6, 6.07) is 9.17. The van der Waals surface area contributed by atoms with Crippen LogP contribution in [0.4, 0.5) is 0 Å². The highest BCUT2D eigenvalue weighted by atomic mass is 16.1. The van der Waals surface area contributed by atoms with E-state index in [0.29, 0.717) is 11.5 Å². The van der Waals surface area contributed by atoms with Crippen molar-refractivity contribution in [1.82, 2.24) is 5.32 Å². The predicted molar refractivity (Wildman–Crippen MR) is 108 cm³/mol. The topological polar surface area (TPSA) is 29.1 Å². The van der Waals surface area contributed by atoms with Gasteiger partial charge in [0.15, 0.2) is 0 Å². The first-order chi connectivity index (χ1) is 11.9. The summed E-state index contributed by atoms with van der Waals surface area (Å²) in [5.41, 5.74) is 3.41. The average Bonchev–Trinajstić information content (AvgIpc) is 2.63. The quantitative estimate of drug-likeness (QED) is 0.353. The molecule has 0 saturated heterocycles. The number of benzene rings is 1. The second-order valence-electron chi connectivity index (χ2n) is 7.30. The maximum Gasteiger partial charge on any atom is 0.246 e. The van der Waals surface area contributed by atoms with E-state index >= 15 is 0 Å². The molecule has 0 radical (unpaired) electrons. The van der Waals surface area contributed by atoms with Crippen LogP contribution < -0.4 is 5.32 Å². The minimum atomic E-state index is -0.0354. The number of nitrogens with one attached hydrogen (secondary N) is 1. The number of carbonyl (C=O) groups is 1. The van der Waals surface area contributed by atoms with E-state index in [9.17, 15) is 4.79 Å². The molecule has 0 heterocycles. The molecule has 3 heteroatoms. The number of carbonyl (C=O) groups excluding carboxylic acids is 1. The number of quaternary nitrogens is 1. The lowest BCUT2D eigenvalue weighted by Gasteiger charge is -2.37. The van der Waals surface area contributed by atoms with Gasteiger partial charge in [-0.1, -0.05) is 44.7 Å². The first-order valence-corrected chi connectivity index (χ1v) is 9.75. The van der Waals surface area contributed by atoms with Gasteiger partial charge in [-0.05, 0) is 38.7 Å². The van der Waals surface area contributed by atoms with Gasteiger partial charge in [-0.3, -0.25) is 4.79 Å². The fourth-order valence-electron chi connectivity index (χ4n) is 3.18. The molecule has 1 unspecified atom stereocenters. The van der Waals surface area contributed by atoms with E-state index in [1.54, 1.807) is 6.92 Å². The summed E-state index contributed by atoms with van der Waals surface area (Å²) in [6.07, 6.45) is 2.17. The van der Waals surface area contributed by atoms with Crippen LogP contribution in [0.1, 0.15) is 64.5 Å². The molecule has 0 aliphatic heterocycles. The van der Waals surface area contributed by atoms with Gasteiger partial charge in [0, 0.05) is 24.1 Å². The molecule has 0 spiro atoms. The first-order valence-electron chi connectivity index (χ1n) is 9.75. The van der Waals surface area contributed by atoms with Crippen molar-refractivity contribution in [2.75, 3.05) is 26.2 Å². The number of nitrogens with zero attached hydrogens (tertiary/aromatic N) is 1. The van der Waals surface area contributed by atoms with Gasteiger partial charge < -0.3 is 9.80 Å². The molecule has 25 heavy (non-hydrogen) atoms. The molecule has 0 aliphatic carbocycles. The maximum atomic E-state index is 11.6. The monoisotopic (exact) mass is 345 g/mol. The molecule has 140 valence electrons. The molecule has 0 aliphatic rings. The Labute approximate surface area is 154 Å². The van der Waals surface area contributed by atoms with Crippen LogP contribution in [-0.2, 0) is 11.3 Å². The number of hydrogen-bond donors (Lipinski definition) is 1. The Morgan fingerprint density at radius 3 is 2.24 bits per heavy atom. The van der Waals surface area contributed by atoms with Crippen LogP contribution in [0.2, 0.25) is 0 Å². The van der Waals surface area contributed by atoms with Crippen LogP contribution in [0.3, 0.4) is 0 Å². The van der Waals surface area contributed by atoms with Crippen LogP contribution in [0.25, 0.3) is 0 Å². The molecule has 0 aromatic heterocycles. The zero-order valence-electron chi connectivity index (χ0n) is 16.9. The van der Waals surface area contributed by atoms with Gasteiger partial charge in [-0.25, -0.2) is 0 Å². The molecule has 0 saturated carbocycles. The van der Waals surface area contributed by atoms with Gasteiger partial charge in [0.1, 0.15) is 6.54 Å². The summed E-state index contributed by atoms with van der Waals surface area (Å²) in [5, 5.41) is 2.94. The largest absolute Gasteiger partial charge is 0.352 e. The zero-order valence-corrected chi connectivity index (χ0v) is 16.9. The van der Waals surface area contributed by atoms with Crippen molar-refractivity contribution in [3.05, 3.63) is 47.5 Å². The third kappa shape index (κ3) is 6.66. The third-order valence-corrected chi connectivity index (χ3v) is 5.50. The molecule has 1 aromatic rings. The maximum absolute atomic E-state index is 11.6. The van der Waals surface area contributed by atoms with Crippen molar-refractivity contribution in [3.63, 3.8) is 0 Å². The van der Waals surface area contributed by atoms with Crippen molar-refractivity contribution in [3.8, 4) is 0 Å². The Kier molecular flexibility index (Phi) is 8.91. The number of amides is 1. The highest BCUT2D eigenvalue weighted by molar-refractivity contribution is 5.91. The summed E-state index contributed by atoms with van der Waals surface area (Å²) < 4.78 is 1.06. The average molecular weight is 346 g/mol. The van der Waals surface area contributed by atoms with Gasteiger partial charge in [0.25, 0.3) is 0 Å². The fourth-order valence-corrected chi connectivity index (χ4v) is 3.18. The van der Waals surface area contributed by atoms with Crippen LogP contribution in [0.15, 0.2) is 36.4 Å². The minimum Gasteiger partial charge on any atom is -0.352 e. The lowest BCUT2D eigenvalue weighted by molar-refractivity contribution is -0.937. The van der Waals surface area contributed by atoms with Gasteiger partial charge in [-0.15, -0.1) is 0 Å². The lowest BCUT2D eigenvalue weighted by atomic mass is 9.97. The summed E-state index contributed by atoms with van der Waals surface area (Å²) in [4.78, 5) is 11.6. The van der Waals surface area contributed by atoms with E-state index in [4.69, 9.17) is 0 Å². The molecule has 1 N–H and O–H groups in total. The minimum absolute atomic E-state index is 0.0354. The Balaban J connectivity index is 2.65. The van der Waals surface area contributed by atoms with Crippen molar-refractivity contribution in [2.24, 2.45) is 0 Å². The molecule has 1 rings (SSSR count). The molecule has 1 amide bonds. The SMILES string of the molecule is C=C(C)C(=O)NCCC[N+](CC)(CC)Cc1ccc(C(C)CC)cc1. The molecule has 0 fully saturated rings. The first kappa shape index (κ1) is 21.4. The molecule has 0 bridgehead atoms. The fraction of sp³-hybridized carbons (Fsp3) is 0.591. The van der Waals surface area contributed by atoms with Gasteiger partial charge >= 0.3 is 0 Å². The third-order valence-electron chi connectivity index (χ3n) is 5.50. The molecule has 3 nitrogen and oxygen atoms in total. The van der Waals surface area contributed by atoms with E-state index in [2.05, 4.69) is 63.9 Å². The Bertz CT molecular complexity index is 544. The standard InChI is InChI=1S/C22H36N2O/c1-7-19(6)21-13-11-20(12-14-21)17-24(8-2,9-3)16-10-15-23-22(25)18(4)5/h11-14,19H,4,7-10,15-17H2,1-3,5-6H3/p+1. The van der Waals surface area contributed by atoms with E-state index in [1.165, 1.54) is 17.5 Å². The molecular formula is C22H37N2O+. The zero-order chi connectivity index (χ0) is 18.9. The highest BCUT2D eigenvalue weighted by Gasteiger charge is 2.23. The van der Waals surface area contributed by atoms with Crippen LogP contribution in [0.5, 0.6) is 0 Å². The van der Waals surface area contributed by atoms with Gasteiger partial charge in [0.05, 0.1) is 19.6 Å². The van der Waals surface area contributed by atoms with Crippen molar-refractivity contribution in [2.45, 2.75) is 59.9 Å². The van der Waals surface area contributed by atoms with Crippen LogP contribution >= 0.6 is 0 Å².